The minimum atomic E-state index is -1.69. The molecule has 4 rings (SSSR count). The number of carboxylic acid groups (broad SMARTS) is 1. The lowest BCUT2D eigenvalue weighted by Crippen LogP contribution is -2.56. The number of phenolic OH excluding ortho intramolecular Hbond substituents is 1. The zero-order chi connectivity index (χ0) is 24.8. The Kier molecular flexibility index (Phi) is 5.99. The van der Waals surface area contributed by atoms with E-state index in [-0.39, 0.29) is 23.8 Å². The second-order valence-corrected chi connectivity index (χ2v) is 9.11. The second kappa shape index (κ2) is 8.64. The van der Waals surface area contributed by atoms with Crippen LogP contribution in [0.25, 0.3) is 0 Å². The number of nitrogens with zero attached hydrogens (tertiary/aromatic N) is 1. The van der Waals surface area contributed by atoms with Gasteiger partial charge in [0, 0.05) is 11.6 Å². The summed E-state index contributed by atoms with van der Waals surface area (Å²) in [7, 11) is 2.91. The number of rotatable bonds is 7. The summed E-state index contributed by atoms with van der Waals surface area (Å²) in [5.41, 5.74) is -1.05. The number of phenols is 1. The van der Waals surface area contributed by atoms with E-state index in [1.165, 1.54) is 14.2 Å². The number of amides is 2. The number of carbonyl (C=O) groups excluding carboxylic acids is 2. The number of benzene rings is 2. The third-order valence-corrected chi connectivity index (χ3v) is 6.68. The summed E-state index contributed by atoms with van der Waals surface area (Å²) in [5.74, 6) is -4.03. The number of anilines is 1. The van der Waals surface area contributed by atoms with E-state index in [9.17, 15) is 24.6 Å². The normalized spacial score (nSPS) is 26.1. The van der Waals surface area contributed by atoms with Crippen molar-refractivity contribution in [3.05, 3.63) is 48.0 Å². The molecule has 2 amide bonds. The standard InChI is InChI=1S/C25H28N2O7/c1-13(2)12-25(24(31)32)19-18(20(26-25)16-6-5-7-17(34-4)21(16)28)22(29)27(23(19)30)14-8-10-15(33-3)11-9-14/h5-11,13,18-20,26,28H,12H2,1-4H3,(H,31,32)/t18-,19-,20-,25+/m0/s1. The summed E-state index contributed by atoms with van der Waals surface area (Å²) in [6, 6.07) is 10.4. The van der Waals surface area contributed by atoms with Crippen LogP contribution in [-0.2, 0) is 14.4 Å². The molecule has 2 saturated heterocycles. The molecule has 0 saturated carbocycles. The molecule has 0 aliphatic carbocycles. The predicted molar refractivity (Wildman–Crippen MR) is 123 cm³/mol. The van der Waals surface area contributed by atoms with Crippen LogP contribution in [-0.4, -0.2) is 47.8 Å². The van der Waals surface area contributed by atoms with Gasteiger partial charge < -0.3 is 19.7 Å². The summed E-state index contributed by atoms with van der Waals surface area (Å²) in [6.07, 6.45) is 0.125. The van der Waals surface area contributed by atoms with Crippen molar-refractivity contribution in [3.8, 4) is 17.2 Å². The molecular weight excluding hydrogens is 440 g/mol. The lowest BCUT2D eigenvalue weighted by molar-refractivity contribution is -0.149. The maximum Gasteiger partial charge on any atom is 0.324 e. The van der Waals surface area contributed by atoms with Gasteiger partial charge in [0.1, 0.15) is 11.3 Å². The highest BCUT2D eigenvalue weighted by atomic mass is 16.5. The molecule has 9 heteroatoms. The van der Waals surface area contributed by atoms with E-state index in [0.29, 0.717) is 17.0 Å². The van der Waals surface area contributed by atoms with Crippen molar-refractivity contribution in [2.24, 2.45) is 17.8 Å². The number of carboxylic acids is 1. The van der Waals surface area contributed by atoms with Crippen molar-refractivity contribution in [1.29, 1.82) is 0 Å². The summed E-state index contributed by atoms with van der Waals surface area (Å²) >= 11 is 0. The van der Waals surface area contributed by atoms with Gasteiger partial charge in [-0.1, -0.05) is 26.0 Å². The molecule has 2 aliphatic rings. The number of ether oxygens (including phenoxy) is 2. The number of nitrogens with one attached hydrogen (secondary N) is 1. The minimum absolute atomic E-state index is 0.0835. The van der Waals surface area contributed by atoms with Gasteiger partial charge in [-0.3, -0.25) is 19.7 Å². The molecule has 0 unspecified atom stereocenters. The van der Waals surface area contributed by atoms with Gasteiger partial charge in [-0.2, -0.15) is 0 Å². The van der Waals surface area contributed by atoms with Crippen molar-refractivity contribution in [3.63, 3.8) is 0 Å². The number of imide groups is 1. The molecule has 2 aromatic carbocycles. The molecule has 34 heavy (non-hydrogen) atoms. The zero-order valence-electron chi connectivity index (χ0n) is 19.4. The van der Waals surface area contributed by atoms with E-state index < -0.39 is 41.2 Å². The first-order chi connectivity index (χ1) is 16.2. The fourth-order valence-electron chi connectivity index (χ4n) is 5.33. The van der Waals surface area contributed by atoms with Gasteiger partial charge in [0.05, 0.1) is 31.7 Å². The van der Waals surface area contributed by atoms with E-state index in [1.807, 2.05) is 13.8 Å². The second-order valence-electron chi connectivity index (χ2n) is 9.11. The SMILES string of the molecule is COc1ccc(N2C(=O)[C@H]3[C@@H](C2=O)[C@](CC(C)C)(C(=O)O)N[C@H]3c2cccc(OC)c2O)cc1. The van der Waals surface area contributed by atoms with Crippen molar-refractivity contribution < 1.29 is 34.1 Å². The van der Waals surface area contributed by atoms with Crippen LogP contribution in [0, 0.1) is 17.8 Å². The first-order valence-electron chi connectivity index (χ1n) is 11.0. The number of aromatic hydroxyl groups is 1. The van der Waals surface area contributed by atoms with E-state index >= 15 is 0 Å². The van der Waals surface area contributed by atoms with Crippen molar-refractivity contribution in [1.82, 2.24) is 5.32 Å². The Hall–Kier alpha value is -3.59. The van der Waals surface area contributed by atoms with Gasteiger partial charge in [0.2, 0.25) is 11.8 Å². The van der Waals surface area contributed by atoms with E-state index in [1.54, 1.807) is 42.5 Å². The Balaban J connectivity index is 1.88. The maximum atomic E-state index is 13.7. The van der Waals surface area contributed by atoms with Crippen molar-refractivity contribution >= 4 is 23.5 Å². The summed E-state index contributed by atoms with van der Waals surface area (Å²) in [5, 5.41) is 24.3. The number of hydrogen-bond donors (Lipinski definition) is 3. The van der Waals surface area contributed by atoms with Gasteiger partial charge in [-0.15, -0.1) is 0 Å². The Bertz CT molecular complexity index is 1130. The van der Waals surface area contributed by atoms with Crippen LogP contribution in [0.4, 0.5) is 5.69 Å². The fourth-order valence-corrected chi connectivity index (χ4v) is 5.33. The highest BCUT2D eigenvalue weighted by Crippen LogP contribution is 2.53. The van der Waals surface area contributed by atoms with Gasteiger partial charge >= 0.3 is 5.97 Å². The van der Waals surface area contributed by atoms with Crippen LogP contribution in [0.2, 0.25) is 0 Å². The van der Waals surface area contributed by atoms with Crippen LogP contribution in [0.3, 0.4) is 0 Å². The van der Waals surface area contributed by atoms with Crippen LogP contribution in [0.1, 0.15) is 31.9 Å². The number of carbonyl (C=O) groups is 3. The molecule has 2 aromatic rings. The first kappa shape index (κ1) is 23.6. The molecule has 0 radical (unpaired) electrons. The molecule has 3 N–H and O–H groups in total. The monoisotopic (exact) mass is 468 g/mol. The molecule has 2 aliphatic heterocycles. The van der Waals surface area contributed by atoms with Crippen LogP contribution in [0.15, 0.2) is 42.5 Å². The summed E-state index contributed by atoms with van der Waals surface area (Å²) in [4.78, 5) is 41.2. The fraction of sp³-hybridized carbons (Fsp3) is 0.400. The highest BCUT2D eigenvalue weighted by molar-refractivity contribution is 6.24. The molecule has 0 spiro atoms. The zero-order valence-corrected chi connectivity index (χ0v) is 19.4. The third kappa shape index (κ3) is 3.47. The molecule has 2 heterocycles. The smallest absolute Gasteiger partial charge is 0.324 e. The Morgan fingerprint density at radius 1 is 1.09 bits per heavy atom. The van der Waals surface area contributed by atoms with E-state index in [0.717, 1.165) is 4.90 Å². The minimum Gasteiger partial charge on any atom is -0.504 e. The Morgan fingerprint density at radius 2 is 1.76 bits per heavy atom. The van der Waals surface area contributed by atoms with Gasteiger partial charge in [0.25, 0.3) is 0 Å². The topological polar surface area (TPSA) is 125 Å². The average molecular weight is 469 g/mol. The van der Waals surface area contributed by atoms with Crippen molar-refractivity contribution in [2.45, 2.75) is 31.8 Å². The largest absolute Gasteiger partial charge is 0.504 e. The molecule has 0 bridgehead atoms. The molecule has 180 valence electrons. The molecule has 0 aromatic heterocycles. The third-order valence-electron chi connectivity index (χ3n) is 6.68. The maximum absolute atomic E-state index is 13.7. The molecule has 2 fully saturated rings. The molecular formula is C25H28N2O7. The Morgan fingerprint density at radius 3 is 2.32 bits per heavy atom. The predicted octanol–water partition coefficient (Wildman–Crippen LogP) is 2.73. The number of hydrogen-bond acceptors (Lipinski definition) is 7. The van der Waals surface area contributed by atoms with Crippen LogP contribution >= 0.6 is 0 Å². The summed E-state index contributed by atoms with van der Waals surface area (Å²) in [6.45, 7) is 3.72. The van der Waals surface area contributed by atoms with Gasteiger partial charge in [-0.25, -0.2) is 4.90 Å². The number of para-hydroxylation sites is 1. The van der Waals surface area contributed by atoms with E-state index in [4.69, 9.17) is 9.47 Å². The first-order valence-corrected chi connectivity index (χ1v) is 11.0. The Labute approximate surface area is 197 Å². The molecule has 4 atom stereocenters. The number of aliphatic carboxylic acids is 1. The lowest BCUT2D eigenvalue weighted by atomic mass is 9.75. The highest BCUT2D eigenvalue weighted by Gasteiger charge is 2.69. The number of methoxy groups -OCH3 is 2. The summed E-state index contributed by atoms with van der Waals surface area (Å²) < 4.78 is 10.4. The van der Waals surface area contributed by atoms with Gasteiger partial charge in [-0.05, 0) is 42.7 Å². The van der Waals surface area contributed by atoms with E-state index in [2.05, 4.69) is 5.32 Å². The van der Waals surface area contributed by atoms with Crippen LogP contribution in [0.5, 0.6) is 17.2 Å². The lowest BCUT2D eigenvalue weighted by Gasteiger charge is -2.32. The molecule has 9 nitrogen and oxygen atoms in total. The van der Waals surface area contributed by atoms with Crippen LogP contribution < -0.4 is 19.7 Å². The average Bonchev–Trinajstić information content (AvgIpc) is 3.28. The number of fused-ring (bicyclic) bond motifs is 1. The quantitative estimate of drug-likeness (QED) is 0.530. The van der Waals surface area contributed by atoms with Crippen molar-refractivity contribution in [2.75, 3.05) is 19.1 Å². The van der Waals surface area contributed by atoms with Gasteiger partial charge in [0.15, 0.2) is 11.5 Å².